The predicted molar refractivity (Wildman–Crippen MR) is 78.0 cm³/mol. The summed E-state index contributed by atoms with van der Waals surface area (Å²) in [7, 11) is 1.72. The normalized spacial score (nSPS) is 18.8. The highest BCUT2D eigenvalue weighted by Gasteiger charge is 2.28. The van der Waals surface area contributed by atoms with Crippen molar-refractivity contribution in [1.82, 2.24) is 4.90 Å². The minimum Gasteiger partial charge on any atom is -0.382 e. The number of hydrogen-bond acceptors (Lipinski definition) is 5. The highest BCUT2D eigenvalue weighted by Crippen LogP contribution is 2.29. The number of anilines is 1. The third-order valence-corrected chi connectivity index (χ3v) is 3.47. The molecule has 1 aliphatic heterocycles. The monoisotopic (exact) mass is 279 g/mol. The largest absolute Gasteiger partial charge is 0.382 e. The number of nitrogens with one attached hydrogen (secondary N) is 1. The van der Waals surface area contributed by atoms with Crippen LogP contribution >= 0.6 is 0 Å². The van der Waals surface area contributed by atoms with Crippen LogP contribution in [0.1, 0.15) is 19.4 Å². The zero-order chi connectivity index (χ0) is 14.8. The number of ether oxygens (including phenoxy) is 1. The fourth-order valence-electron chi connectivity index (χ4n) is 2.65. The number of morpholine rings is 1. The average molecular weight is 279 g/mol. The van der Waals surface area contributed by atoms with Gasteiger partial charge in [-0.15, -0.1) is 0 Å². The quantitative estimate of drug-likeness (QED) is 0.676. The molecule has 6 heteroatoms. The van der Waals surface area contributed by atoms with Crippen LogP contribution in [0, 0.1) is 10.1 Å². The molecule has 0 radical (unpaired) electrons. The van der Waals surface area contributed by atoms with E-state index in [4.69, 9.17) is 4.74 Å². The first-order chi connectivity index (χ1) is 9.43. The standard InChI is InChI=1S/C14H21N3O3/c1-14(2)10-16(7-8-20-14)9-11-5-4-6-12(17(18)19)13(11)15-3/h4-6,15H,7-10H2,1-3H3. The lowest BCUT2D eigenvalue weighted by atomic mass is 10.1. The summed E-state index contributed by atoms with van der Waals surface area (Å²) >= 11 is 0. The van der Waals surface area contributed by atoms with Crippen LogP contribution in [0.4, 0.5) is 11.4 Å². The Bertz CT molecular complexity index is 502. The molecule has 6 nitrogen and oxygen atoms in total. The van der Waals surface area contributed by atoms with Crippen molar-refractivity contribution in [1.29, 1.82) is 0 Å². The first kappa shape index (κ1) is 14.7. The minimum atomic E-state index is -0.349. The van der Waals surface area contributed by atoms with E-state index in [0.29, 0.717) is 18.8 Å². The molecule has 1 N–H and O–H groups in total. The number of para-hydroxylation sites is 1. The average Bonchev–Trinajstić information content (AvgIpc) is 2.37. The second kappa shape index (κ2) is 5.76. The van der Waals surface area contributed by atoms with Gasteiger partial charge >= 0.3 is 0 Å². The van der Waals surface area contributed by atoms with E-state index in [1.807, 2.05) is 6.07 Å². The van der Waals surface area contributed by atoms with Gasteiger partial charge in [0.25, 0.3) is 5.69 Å². The molecule has 1 saturated heterocycles. The molecule has 0 atom stereocenters. The highest BCUT2D eigenvalue weighted by atomic mass is 16.6. The Morgan fingerprint density at radius 2 is 2.25 bits per heavy atom. The molecule has 0 aromatic heterocycles. The lowest BCUT2D eigenvalue weighted by molar-refractivity contribution is -0.384. The Balaban J connectivity index is 2.21. The molecular weight excluding hydrogens is 258 g/mol. The summed E-state index contributed by atoms with van der Waals surface area (Å²) in [5.74, 6) is 0. The van der Waals surface area contributed by atoms with Crippen molar-refractivity contribution in [2.75, 3.05) is 32.1 Å². The van der Waals surface area contributed by atoms with E-state index in [-0.39, 0.29) is 16.2 Å². The predicted octanol–water partition coefficient (Wildman–Crippen LogP) is 2.25. The van der Waals surface area contributed by atoms with Gasteiger partial charge in [0.05, 0.1) is 17.1 Å². The molecule has 0 aliphatic carbocycles. The van der Waals surface area contributed by atoms with Gasteiger partial charge in [-0.25, -0.2) is 0 Å². The Morgan fingerprint density at radius 1 is 1.50 bits per heavy atom. The first-order valence-electron chi connectivity index (χ1n) is 6.73. The first-order valence-corrected chi connectivity index (χ1v) is 6.73. The molecule has 0 saturated carbocycles. The summed E-state index contributed by atoms with van der Waals surface area (Å²) in [6, 6.07) is 5.19. The zero-order valence-electron chi connectivity index (χ0n) is 12.2. The summed E-state index contributed by atoms with van der Waals surface area (Å²) in [4.78, 5) is 13.0. The fraction of sp³-hybridized carbons (Fsp3) is 0.571. The third kappa shape index (κ3) is 3.26. The van der Waals surface area contributed by atoms with Crippen molar-refractivity contribution >= 4 is 11.4 Å². The minimum absolute atomic E-state index is 0.123. The number of nitro groups is 1. The van der Waals surface area contributed by atoms with E-state index in [2.05, 4.69) is 24.1 Å². The van der Waals surface area contributed by atoms with Crippen molar-refractivity contribution < 1.29 is 9.66 Å². The van der Waals surface area contributed by atoms with Crippen LogP contribution in [-0.2, 0) is 11.3 Å². The maximum Gasteiger partial charge on any atom is 0.292 e. The van der Waals surface area contributed by atoms with E-state index in [1.165, 1.54) is 6.07 Å². The molecule has 110 valence electrons. The third-order valence-electron chi connectivity index (χ3n) is 3.47. The molecule has 0 bridgehead atoms. The van der Waals surface area contributed by atoms with Gasteiger partial charge in [-0.1, -0.05) is 12.1 Å². The van der Waals surface area contributed by atoms with E-state index in [1.54, 1.807) is 13.1 Å². The van der Waals surface area contributed by atoms with Crippen molar-refractivity contribution in [3.8, 4) is 0 Å². The number of benzene rings is 1. The number of hydrogen-bond donors (Lipinski definition) is 1. The fourth-order valence-corrected chi connectivity index (χ4v) is 2.65. The molecular formula is C14H21N3O3. The second-order valence-corrected chi connectivity index (χ2v) is 5.64. The van der Waals surface area contributed by atoms with Crippen molar-refractivity contribution in [3.05, 3.63) is 33.9 Å². The van der Waals surface area contributed by atoms with Gasteiger partial charge in [-0.3, -0.25) is 15.0 Å². The van der Waals surface area contributed by atoms with Gasteiger partial charge < -0.3 is 10.1 Å². The van der Waals surface area contributed by atoms with Crippen LogP contribution in [0.3, 0.4) is 0 Å². The molecule has 0 unspecified atom stereocenters. The van der Waals surface area contributed by atoms with E-state index >= 15 is 0 Å². The molecule has 0 spiro atoms. The lowest BCUT2D eigenvalue weighted by Gasteiger charge is -2.38. The van der Waals surface area contributed by atoms with Crippen molar-refractivity contribution in [2.45, 2.75) is 26.0 Å². The Morgan fingerprint density at radius 3 is 2.85 bits per heavy atom. The summed E-state index contributed by atoms with van der Waals surface area (Å²) < 4.78 is 5.69. The van der Waals surface area contributed by atoms with Gasteiger partial charge in [0.15, 0.2) is 0 Å². The van der Waals surface area contributed by atoms with Crippen LogP contribution in [0.15, 0.2) is 18.2 Å². The van der Waals surface area contributed by atoms with E-state index in [9.17, 15) is 10.1 Å². The smallest absolute Gasteiger partial charge is 0.292 e. The summed E-state index contributed by atoms with van der Waals surface area (Å²) in [6.45, 7) is 7.16. The van der Waals surface area contributed by atoms with Gasteiger partial charge in [0.2, 0.25) is 0 Å². The van der Waals surface area contributed by atoms with Gasteiger partial charge in [-0.05, 0) is 19.4 Å². The van der Waals surface area contributed by atoms with Gasteiger partial charge in [0.1, 0.15) is 5.69 Å². The summed E-state index contributed by atoms with van der Waals surface area (Å²) in [5, 5.41) is 14.0. The highest BCUT2D eigenvalue weighted by molar-refractivity contribution is 5.66. The van der Waals surface area contributed by atoms with Crippen molar-refractivity contribution in [2.24, 2.45) is 0 Å². The molecule has 1 aliphatic rings. The number of nitrogens with zero attached hydrogens (tertiary/aromatic N) is 2. The summed E-state index contributed by atoms with van der Waals surface area (Å²) in [6.07, 6.45) is 0. The molecule has 1 heterocycles. The number of rotatable bonds is 4. The van der Waals surface area contributed by atoms with Crippen LogP contribution in [-0.4, -0.2) is 42.2 Å². The SMILES string of the molecule is CNc1c(CN2CCOC(C)(C)C2)cccc1[N+](=O)[O-]. The van der Waals surface area contributed by atoms with Gasteiger partial charge in [-0.2, -0.15) is 0 Å². The van der Waals surface area contributed by atoms with Crippen LogP contribution in [0.25, 0.3) is 0 Å². The zero-order valence-corrected chi connectivity index (χ0v) is 12.2. The summed E-state index contributed by atoms with van der Waals surface area (Å²) in [5.41, 5.74) is 1.50. The topological polar surface area (TPSA) is 67.6 Å². The molecule has 1 aromatic rings. The van der Waals surface area contributed by atoms with Gasteiger partial charge in [0, 0.05) is 32.7 Å². The van der Waals surface area contributed by atoms with Crippen molar-refractivity contribution in [3.63, 3.8) is 0 Å². The molecule has 20 heavy (non-hydrogen) atoms. The Hall–Kier alpha value is -1.66. The van der Waals surface area contributed by atoms with Crippen LogP contribution < -0.4 is 5.32 Å². The Labute approximate surface area is 118 Å². The van der Waals surface area contributed by atoms with E-state index < -0.39 is 0 Å². The lowest BCUT2D eigenvalue weighted by Crippen LogP contribution is -2.47. The molecule has 0 amide bonds. The molecule has 1 aromatic carbocycles. The Kier molecular flexibility index (Phi) is 4.25. The number of nitro benzene ring substituents is 1. The van der Waals surface area contributed by atoms with Crippen LogP contribution in [0.5, 0.6) is 0 Å². The second-order valence-electron chi connectivity index (χ2n) is 5.64. The van der Waals surface area contributed by atoms with Crippen LogP contribution in [0.2, 0.25) is 0 Å². The van der Waals surface area contributed by atoms with E-state index in [0.717, 1.165) is 18.7 Å². The molecule has 1 fully saturated rings. The maximum absolute atomic E-state index is 11.1. The maximum atomic E-state index is 11.1. The molecule has 2 rings (SSSR count).